The van der Waals surface area contributed by atoms with Crippen LogP contribution in [0.3, 0.4) is 0 Å². The van der Waals surface area contributed by atoms with Gasteiger partial charge in [-0.1, -0.05) is 47.8 Å². The first kappa shape index (κ1) is 18.2. The highest BCUT2D eigenvalue weighted by Gasteiger charge is 2.24. The fourth-order valence-electron chi connectivity index (χ4n) is 1.34. The topological polar surface area (TPSA) is 128 Å². The Labute approximate surface area is 145 Å². The molecule has 0 aliphatic heterocycles. The Morgan fingerprint density at radius 1 is 1.33 bits per heavy atom. The highest BCUT2D eigenvalue weighted by Crippen LogP contribution is 2.35. The molecule has 0 heterocycles. The molecule has 1 N–H and O–H groups in total. The predicted molar refractivity (Wildman–Crippen MR) is 83.2 cm³/mol. The smallest absolute Gasteiger partial charge is 0.355 e. The third-order valence-electron chi connectivity index (χ3n) is 2.15. The molecule has 12 heteroatoms. The van der Waals surface area contributed by atoms with E-state index in [0.717, 1.165) is 17.0 Å². The standard InChI is InChI=1S/C9H7Br3N4O4S/c10-9(11,12)5-16(8(17)18)6-1-3-7(4-2-6)21(19,20)15-14-13/h1-4,13H,5H2. The van der Waals surface area contributed by atoms with Crippen molar-refractivity contribution in [3.63, 3.8) is 0 Å². The maximum atomic E-state index is 11.5. The first-order valence-electron chi connectivity index (χ1n) is 5.06. The third-order valence-corrected chi connectivity index (χ3v) is 4.07. The molecular weight excluding hydrogens is 500 g/mol. The molecule has 1 aromatic carbocycles. The molecule has 0 aliphatic rings. The van der Waals surface area contributed by atoms with Crippen LogP contribution in [0.4, 0.5) is 10.5 Å². The Morgan fingerprint density at radius 3 is 2.24 bits per heavy atom. The molecule has 0 aliphatic carbocycles. The first-order valence-corrected chi connectivity index (χ1v) is 8.88. The number of amides is 1. The zero-order chi connectivity index (χ0) is 16.3. The van der Waals surface area contributed by atoms with Crippen molar-refractivity contribution in [2.24, 2.45) is 4.52 Å². The van der Waals surface area contributed by atoms with E-state index < -0.39 is 18.3 Å². The summed E-state index contributed by atoms with van der Waals surface area (Å²) in [5.41, 5.74) is 6.65. The minimum Gasteiger partial charge on any atom is -0.530 e. The molecule has 0 saturated carbocycles. The number of hydrogen-bond donors (Lipinski definition) is 1. The van der Waals surface area contributed by atoms with Gasteiger partial charge in [-0.2, -0.15) is 8.42 Å². The Morgan fingerprint density at radius 2 is 1.86 bits per heavy atom. The molecule has 0 aromatic heterocycles. The molecule has 0 atom stereocenters. The molecule has 0 saturated heterocycles. The molecule has 1 amide bonds. The van der Waals surface area contributed by atoms with Crippen LogP contribution < -0.4 is 14.9 Å². The van der Waals surface area contributed by atoms with Crippen molar-refractivity contribution in [3.05, 3.63) is 24.3 Å². The van der Waals surface area contributed by atoms with Crippen LogP contribution in [0, 0.1) is 5.53 Å². The quantitative estimate of drug-likeness (QED) is 0.380. The number of nitrogens with one attached hydrogen (secondary N) is 1. The molecule has 114 valence electrons. The first-order chi connectivity index (χ1) is 9.57. The second kappa shape index (κ2) is 6.97. The van der Waals surface area contributed by atoms with Gasteiger partial charge in [0, 0.05) is 5.69 Å². The van der Waals surface area contributed by atoms with E-state index in [1.807, 2.05) is 0 Å². The van der Waals surface area contributed by atoms with Crippen LogP contribution >= 0.6 is 47.8 Å². The normalized spacial score (nSPS) is 11.6. The molecule has 1 rings (SSSR count). The molecule has 1 aromatic rings. The van der Waals surface area contributed by atoms with Gasteiger partial charge in [0.15, 0.2) is 2.14 Å². The zero-order valence-electron chi connectivity index (χ0n) is 10.0. The van der Waals surface area contributed by atoms with Gasteiger partial charge in [-0.15, -0.1) is 0 Å². The summed E-state index contributed by atoms with van der Waals surface area (Å²) in [7, 11) is -4.05. The number of carbonyl (C=O) groups is 1. The van der Waals surface area contributed by atoms with Gasteiger partial charge in [-0.05, 0) is 24.3 Å². The SMILES string of the molecule is N=[N+]=NS(=O)(=O)c1ccc(N(CC(Br)(Br)Br)C(=O)[O-])cc1. The highest BCUT2D eigenvalue weighted by atomic mass is 80.0. The zero-order valence-corrected chi connectivity index (χ0v) is 15.6. The van der Waals surface area contributed by atoms with Gasteiger partial charge >= 0.3 is 10.0 Å². The summed E-state index contributed by atoms with van der Waals surface area (Å²) < 4.78 is 25.0. The average Bonchev–Trinajstić information content (AvgIpc) is 2.35. The summed E-state index contributed by atoms with van der Waals surface area (Å²) in [6.45, 7) is -0.0478. The van der Waals surface area contributed by atoms with Crippen molar-refractivity contribution in [3.8, 4) is 0 Å². The van der Waals surface area contributed by atoms with Crippen molar-refractivity contribution >= 4 is 69.6 Å². The van der Waals surface area contributed by atoms with Gasteiger partial charge in [-0.25, -0.2) is 0 Å². The van der Waals surface area contributed by atoms with Crippen molar-refractivity contribution in [2.45, 2.75) is 7.04 Å². The van der Waals surface area contributed by atoms with Gasteiger partial charge in [0.2, 0.25) is 4.91 Å². The van der Waals surface area contributed by atoms with Crippen LogP contribution in [0.5, 0.6) is 0 Å². The Kier molecular flexibility index (Phi) is 6.05. The summed E-state index contributed by atoms with van der Waals surface area (Å²) in [5, 5.41) is 11.1. The minimum atomic E-state index is -4.05. The van der Waals surface area contributed by atoms with E-state index in [9.17, 15) is 18.3 Å². The van der Waals surface area contributed by atoms with Gasteiger partial charge in [0.25, 0.3) is 4.52 Å². The summed E-state index contributed by atoms with van der Waals surface area (Å²) in [6.07, 6.45) is -1.46. The minimum absolute atomic E-state index is 0.0478. The molecule has 0 radical (unpaired) electrons. The van der Waals surface area contributed by atoms with Crippen LogP contribution in [0.2, 0.25) is 0 Å². The van der Waals surface area contributed by atoms with Gasteiger partial charge in [0.1, 0.15) is 11.6 Å². The lowest BCUT2D eigenvalue weighted by Gasteiger charge is -2.29. The Hall–Kier alpha value is -0.810. The number of carboxylic acid groups (broad SMARTS) is 1. The fourth-order valence-corrected chi connectivity index (χ4v) is 2.77. The second-order valence-corrected chi connectivity index (χ2v) is 12.5. The van der Waals surface area contributed by atoms with Crippen molar-refractivity contribution in [2.75, 3.05) is 11.4 Å². The summed E-state index contributed by atoms with van der Waals surface area (Å²) in [5.74, 6) is 0. The summed E-state index contributed by atoms with van der Waals surface area (Å²) >= 11 is 9.50. The monoisotopic (exact) mass is 504 g/mol. The largest absolute Gasteiger partial charge is 0.530 e. The molecule has 0 unspecified atom stereocenters. The third kappa shape index (κ3) is 5.47. The van der Waals surface area contributed by atoms with E-state index in [2.05, 4.69) is 57.2 Å². The van der Waals surface area contributed by atoms with Gasteiger partial charge < -0.3 is 14.8 Å². The maximum Gasteiger partial charge on any atom is 0.355 e. The number of nitrogens with zero attached hydrogens (tertiary/aromatic N) is 3. The Balaban J connectivity index is 3.15. The molecule has 0 spiro atoms. The maximum absolute atomic E-state index is 11.5. The molecular formula is C9H7Br3N4O4S. The van der Waals surface area contributed by atoms with Crippen molar-refractivity contribution < 1.29 is 18.3 Å². The number of alkyl halides is 3. The number of anilines is 1. The number of halogens is 3. The van der Waals surface area contributed by atoms with Crippen LogP contribution in [-0.4, -0.2) is 23.2 Å². The van der Waals surface area contributed by atoms with E-state index in [0.29, 0.717) is 0 Å². The number of rotatable bonds is 4. The van der Waals surface area contributed by atoms with E-state index in [4.69, 9.17) is 5.53 Å². The summed E-state index contributed by atoms with van der Waals surface area (Å²) in [4.78, 5) is 14.3. The molecule has 0 fully saturated rings. The number of benzene rings is 1. The number of carbonyl (C=O) groups excluding carboxylic acids is 1. The molecule has 8 nitrogen and oxygen atoms in total. The van der Waals surface area contributed by atoms with Crippen LogP contribution in [0.1, 0.15) is 0 Å². The lowest BCUT2D eigenvalue weighted by molar-refractivity contribution is -0.246. The predicted octanol–water partition coefficient (Wildman–Crippen LogP) is 1.91. The second-order valence-electron chi connectivity index (χ2n) is 3.62. The number of hydrogen-bond acceptors (Lipinski definition) is 5. The number of sulfonamides is 1. The van der Waals surface area contributed by atoms with Gasteiger partial charge in [0.05, 0.1) is 11.4 Å². The van der Waals surface area contributed by atoms with Crippen LogP contribution in [0.25, 0.3) is 0 Å². The van der Waals surface area contributed by atoms with Crippen LogP contribution in [0.15, 0.2) is 33.7 Å². The highest BCUT2D eigenvalue weighted by molar-refractivity contribution is 9.39. The van der Waals surface area contributed by atoms with E-state index in [1.54, 1.807) is 0 Å². The van der Waals surface area contributed by atoms with E-state index in [1.165, 1.54) is 12.1 Å². The van der Waals surface area contributed by atoms with Crippen molar-refractivity contribution in [1.82, 2.24) is 4.91 Å². The fraction of sp³-hybridized carbons (Fsp3) is 0.222. The van der Waals surface area contributed by atoms with Gasteiger partial charge in [-0.3, -0.25) is 0 Å². The lowest BCUT2D eigenvalue weighted by Crippen LogP contribution is -2.45. The lowest BCUT2D eigenvalue weighted by atomic mass is 10.3. The average molecular weight is 507 g/mol. The summed E-state index contributed by atoms with van der Waals surface area (Å²) in [6, 6.07) is 4.88. The van der Waals surface area contributed by atoms with E-state index >= 15 is 0 Å². The van der Waals surface area contributed by atoms with Crippen molar-refractivity contribution in [1.29, 1.82) is 5.53 Å². The molecule has 0 bridgehead atoms. The van der Waals surface area contributed by atoms with Crippen LogP contribution in [-0.2, 0) is 10.0 Å². The van der Waals surface area contributed by atoms with E-state index in [-0.39, 0.29) is 17.1 Å². The Bertz CT molecular complexity index is 680. The molecule has 21 heavy (non-hydrogen) atoms.